The Kier molecular flexibility index (Phi) is 4.82. The molecule has 1 aromatic rings. The molecule has 0 aliphatic heterocycles. The largest absolute Gasteiger partial charge is 0.122 e. The number of benzene rings is 1. The van der Waals surface area contributed by atoms with Crippen molar-refractivity contribution in [3.05, 3.63) is 52.6 Å². The molecule has 86 valence electrons. The van der Waals surface area contributed by atoms with E-state index in [2.05, 4.69) is 58.0 Å². The van der Waals surface area contributed by atoms with E-state index in [9.17, 15) is 0 Å². The van der Waals surface area contributed by atoms with E-state index >= 15 is 0 Å². The van der Waals surface area contributed by atoms with Crippen LogP contribution in [0.3, 0.4) is 0 Å². The van der Waals surface area contributed by atoms with Crippen LogP contribution in [0.25, 0.3) is 5.57 Å². The fourth-order valence-corrected chi connectivity index (χ4v) is 1.76. The van der Waals surface area contributed by atoms with Crippen molar-refractivity contribution < 1.29 is 0 Å². The van der Waals surface area contributed by atoms with Crippen LogP contribution < -0.4 is 0 Å². The molecular formula is C15H19Cl. The summed E-state index contributed by atoms with van der Waals surface area (Å²) >= 11 is 5.78. The first-order valence-electron chi connectivity index (χ1n) is 5.52. The molecule has 1 aromatic carbocycles. The van der Waals surface area contributed by atoms with E-state index in [1.165, 1.54) is 22.3 Å². The maximum Gasteiger partial charge on any atom is 0.0474 e. The Morgan fingerprint density at radius 2 is 1.62 bits per heavy atom. The molecule has 0 fully saturated rings. The molecule has 0 radical (unpaired) electrons. The summed E-state index contributed by atoms with van der Waals surface area (Å²) in [5, 5.41) is 0. The van der Waals surface area contributed by atoms with Gasteiger partial charge in [-0.15, -0.1) is 11.6 Å². The molecule has 0 atom stereocenters. The van der Waals surface area contributed by atoms with Gasteiger partial charge in [-0.25, -0.2) is 0 Å². The topological polar surface area (TPSA) is 0 Å². The second-order valence-electron chi connectivity index (χ2n) is 4.47. The maximum atomic E-state index is 5.78. The standard InChI is InChI=1S/C15H19Cl/c1-11(2)9-15(12(3)4)14-7-5-13(10-16)6-8-14/h5-9H,10H2,1-4H3. The van der Waals surface area contributed by atoms with Crippen LogP contribution in [0.15, 0.2) is 41.5 Å². The van der Waals surface area contributed by atoms with Gasteiger partial charge in [0.25, 0.3) is 0 Å². The molecule has 0 saturated heterocycles. The van der Waals surface area contributed by atoms with Gasteiger partial charge in [0.1, 0.15) is 0 Å². The molecule has 0 aromatic heterocycles. The van der Waals surface area contributed by atoms with Gasteiger partial charge in [-0.2, -0.15) is 0 Å². The zero-order valence-electron chi connectivity index (χ0n) is 10.5. The van der Waals surface area contributed by atoms with Gasteiger partial charge in [0, 0.05) is 5.88 Å². The molecule has 16 heavy (non-hydrogen) atoms. The predicted molar refractivity (Wildman–Crippen MR) is 73.7 cm³/mol. The smallest absolute Gasteiger partial charge is 0.0474 e. The molecule has 0 aliphatic rings. The molecule has 0 heterocycles. The Hall–Kier alpha value is -1.01. The first-order chi connectivity index (χ1) is 7.54. The van der Waals surface area contributed by atoms with Gasteiger partial charge in [0.05, 0.1) is 0 Å². The molecule has 0 saturated carbocycles. The fourth-order valence-electron chi connectivity index (χ4n) is 1.58. The molecule has 0 N–H and O–H groups in total. The van der Waals surface area contributed by atoms with Crippen LogP contribution in [0, 0.1) is 0 Å². The summed E-state index contributed by atoms with van der Waals surface area (Å²) in [7, 11) is 0. The summed E-state index contributed by atoms with van der Waals surface area (Å²) in [6.07, 6.45) is 2.23. The van der Waals surface area contributed by atoms with Crippen molar-refractivity contribution in [2.75, 3.05) is 0 Å². The summed E-state index contributed by atoms with van der Waals surface area (Å²) in [6.45, 7) is 8.53. The summed E-state index contributed by atoms with van der Waals surface area (Å²) in [4.78, 5) is 0. The number of allylic oxidation sites excluding steroid dienone is 4. The Bertz CT molecular complexity index is 400. The highest BCUT2D eigenvalue weighted by Crippen LogP contribution is 2.22. The molecule has 0 nitrogen and oxygen atoms in total. The number of alkyl halides is 1. The Labute approximate surface area is 104 Å². The van der Waals surface area contributed by atoms with Crippen molar-refractivity contribution >= 4 is 17.2 Å². The Morgan fingerprint density at radius 3 is 2.00 bits per heavy atom. The SMILES string of the molecule is CC(C)=CC(=C(C)C)c1ccc(CCl)cc1. The van der Waals surface area contributed by atoms with Gasteiger partial charge in [-0.3, -0.25) is 0 Å². The van der Waals surface area contributed by atoms with Crippen LogP contribution in [-0.4, -0.2) is 0 Å². The zero-order valence-corrected chi connectivity index (χ0v) is 11.2. The van der Waals surface area contributed by atoms with Gasteiger partial charge < -0.3 is 0 Å². The summed E-state index contributed by atoms with van der Waals surface area (Å²) in [6, 6.07) is 8.45. The second-order valence-corrected chi connectivity index (χ2v) is 4.73. The summed E-state index contributed by atoms with van der Waals surface area (Å²) < 4.78 is 0. The lowest BCUT2D eigenvalue weighted by Gasteiger charge is -2.07. The first-order valence-corrected chi connectivity index (χ1v) is 6.05. The molecule has 0 spiro atoms. The van der Waals surface area contributed by atoms with E-state index in [1.807, 2.05) is 0 Å². The van der Waals surface area contributed by atoms with Crippen LogP contribution in [0.4, 0.5) is 0 Å². The van der Waals surface area contributed by atoms with Crippen molar-refractivity contribution in [1.82, 2.24) is 0 Å². The van der Waals surface area contributed by atoms with E-state index in [0.717, 1.165) is 5.56 Å². The van der Waals surface area contributed by atoms with Crippen LogP contribution in [0.1, 0.15) is 38.8 Å². The summed E-state index contributed by atoms with van der Waals surface area (Å²) in [5.41, 5.74) is 6.38. The van der Waals surface area contributed by atoms with E-state index in [-0.39, 0.29) is 0 Å². The third kappa shape index (κ3) is 3.53. The number of hydrogen-bond donors (Lipinski definition) is 0. The number of halogens is 1. The maximum absolute atomic E-state index is 5.78. The minimum atomic E-state index is 0.576. The highest BCUT2D eigenvalue weighted by atomic mass is 35.5. The van der Waals surface area contributed by atoms with Gasteiger partial charge in [0.2, 0.25) is 0 Å². The predicted octanol–water partition coefficient (Wildman–Crippen LogP) is 5.19. The van der Waals surface area contributed by atoms with Gasteiger partial charge in [-0.1, -0.05) is 41.5 Å². The van der Waals surface area contributed by atoms with Crippen molar-refractivity contribution in [3.8, 4) is 0 Å². The van der Waals surface area contributed by atoms with Crippen LogP contribution in [-0.2, 0) is 5.88 Å². The minimum Gasteiger partial charge on any atom is -0.122 e. The van der Waals surface area contributed by atoms with Gasteiger partial charge in [0.15, 0.2) is 0 Å². The highest BCUT2D eigenvalue weighted by molar-refractivity contribution is 6.17. The van der Waals surface area contributed by atoms with E-state index in [1.54, 1.807) is 0 Å². The molecule has 0 bridgehead atoms. The van der Waals surface area contributed by atoms with E-state index in [4.69, 9.17) is 11.6 Å². The second kappa shape index (κ2) is 5.91. The lowest BCUT2D eigenvalue weighted by atomic mass is 9.98. The molecule has 1 heteroatoms. The average molecular weight is 235 g/mol. The first kappa shape index (κ1) is 13.1. The molecule has 1 rings (SSSR count). The van der Waals surface area contributed by atoms with Crippen molar-refractivity contribution in [3.63, 3.8) is 0 Å². The Morgan fingerprint density at radius 1 is 1.06 bits per heavy atom. The third-order valence-corrected chi connectivity index (χ3v) is 2.70. The molecule has 0 unspecified atom stereocenters. The normalized spacial score (nSPS) is 9.81. The van der Waals surface area contributed by atoms with Gasteiger partial charge >= 0.3 is 0 Å². The Balaban J connectivity index is 3.14. The van der Waals surface area contributed by atoms with Crippen molar-refractivity contribution in [1.29, 1.82) is 0 Å². The lowest BCUT2D eigenvalue weighted by Crippen LogP contribution is -1.86. The fraction of sp³-hybridized carbons (Fsp3) is 0.333. The van der Waals surface area contributed by atoms with Gasteiger partial charge in [-0.05, 0) is 44.4 Å². The average Bonchev–Trinajstić information content (AvgIpc) is 2.25. The molecule has 0 aliphatic carbocycles. The molecular weight excluding hydrogens is 216 g/mol. The van der Waals surface area contributed by atoms with E-state index in [0.29, 0.717) is 5.88 Å². The van der Waals surface area contributed by atoms with Crippen molar-refractivity contribution in [2.45, 2.75) is 33.6 Å². The molecule has 0 amide bonds. The number of rotatable bonds is 3. The van der Waals surface area contributed by atoms with Crippen molar-refractivity contribution in [2.24, 2.45) is 0 Å². The van der Waals surface area contributed by atoms with Crippen LogP contribution in [0.2, 0.25) is 0 Å². The highest BCUT2D eigenvalue weighted by Gasteiger charge is 2.01. The summed E-state index contributed by atoms with van der Waals surface area (Å²) in [5.74, 6) is 0.576. The van der Waals surface area contributed by atoms with E-state index < -0.39 is 0 Å². The minimum absolute atomic E-state index is 0.576. The quantitative estimate of drug-likeness (QED) is 0.499. The van der Waals surface area contributed by atoms with Crippen LogP contribution in [0.5, 0.6) is 0 Å². The third-order valence-electron chi connectivity index (χ3n) is 2.39. The van der Waals surface area contributed by atoms with Crippen LogP contribution >= 0.6 is 11.6 Å². The monoisotopic (exact) mass is 234 g/mol. The zero-order chi connectivity index (χ0) is 12.1. The lowest BCUT2D eigenvalue weighted by molar-refractivity contribution is 1.34. The number of hydrogen-bond acceptors (Lipinski definition) is 0.